The van der Waals surface area contributed by atoms with Gasteiger partial charge in [-0.1, -0.05) is 6.07 Å². The number of urea groups is 1. The number of hydrogen-bond donors (Lipinski definition) is 3. The topological polar surface area (TPSA) is 140 Å². The summed E-state index contributed by atoms with van der Waals surface area (Å²) in [5.74, 6) is -0.0820. The van der Waals surface area contributed by atoms with Crippen molar-refractivity contribution in [3.8, 4) is 11.5 Å². The molecule has 0 aliphatic carbocycles. The summed E-state index contributed by atoms with van der Waals surface area (Å²) in [6.07, 6.45) is 1.34. The third-order valence-corrected chi connectivity index (χ3v) is 6.31. The third-order valence-electron chi connectivity index (χ3n) is 4.60. The van der Waals surface area contributed by atoms with Gasteiger partial charge < -0.3 is 29.3 Å². The van der Waals surface area contributed by atoms with Gasteiger partial charge in [-0.3, -0.25) is 4.79 Å². The Morgan fingerprint density at radius 3 is 2.65 bits per heavy atom. The first-order valence-electron chi connectivity index (χ1n) is 9.67. The van der Waals surface area contributed by atoms with Crippen LogP contribution in [0.1, 0.15) is 24.3 Å². The van der Waals surface area contributed by atoms with Gasteiger partial charge in [0, 0.05) is 11.8 Å². The molecule has 1 aromatic carbocycles. The maximum atomic E-state index is 12.3. The fourth-order valence-corrected chi connectivity index (χ4v) is 3.69. The van der Waals surface area contributed by atoms with Gasteiger partial charge in [0.2, 0.25) is 0 Å². The molecule has 2 aromatic rings. The summed E-state index contributed by atoms with van der Waals surface area (Å²) in [7, 11) is 2.69. The fourth-order valence-electron chi connectivity index (χ4n) is 3.08. The molecule has 3 rings (SSSR count). The Morgan fingerprint density at radius 1 is 1.24 bits per heavy atom. The number of esters is 1. The molecule has 2 heterocycles. The van der Waals surface area contributed by atoms with Crippen molar-refractivity contribution in [3.63, 3.8) is 0 Å². The van der Waals surface area contributed by atoms with Crippen molar-refractivity contribution in [2.75, 3.05) is 20.8 Å². The largest absolute Gasteiger partial charge is 0.493 e. The number of rotatable bonds is 8. The highest BCUT2D eigenvalue weighted by atomic mass is 79.9. The number of furan rings is 1. The number of ether oxygens (including phenoxy) is 3. The van der Waals surface area contributed by atoms with E-state index in [9.17, 15) is 14.4 Å². The summed E-state index contributed by atoms with van der Waals surface area (Å²) < 4.78 is 22.3. The van der Waals surface area contributed by atoms with E-state index in [1.54, 1.807) is 31.2 Å². The van der Waals surface area contributed by atoms with Crippen LogP contribution in [0.5, 0.6) is 11.5 Å². The number of halogens is 2. The van der Waals surface area contributed by atoms with E-state index in [-0.39, 0.29) is 17.9 Å². The number of benzene rings is 1. The van der Waals surface area contributed by atoms with Gasteiger partial charge in [0.15, 0.2) is 22.8 Å². The van der Waals surface area contributed by atoms with E-state index >= 15 is 0 Å². The maximum Gasteiger partial charge on any atom is 0.337 e. The highest BCUT2D eigenvalue weighted by molar-refractivity contribution is 9.13. The van der Waals surface area contributed by atoms with Crippen molar-refractivity contribution in [2.45, 2.75) is 13.0 Å². The summed E-state index contributed by atoms with van der Waals surface area (Å²) in [6.45, 7) is 1.27. The van der Waals surface area contributed by atoms with Gasteiger partial charge in [0.05, 0.1) is 36.5 Å². The molecule has 0 spiro atoms. The highest BCUT2D eigenvalue weighted by Crippen LogP contribution is 2.34. The smallest absolute Gasteiger partial charge is 0.337 e. The molecule has 34 heavy (non-hydrogen) atoms. The predicted molar refractivity (Wildman–Crippen MR) is 127 cm³/mol. The first kappa shape index (κ1) is 25.3. The second-order valence-electron chi connectivity index (χ2n) is 6.82. The van der Waals surface area contributed by atoms with Crippen LogP contribution in [0.15, 0.2) is 54.2 Å². The Balaban J connectivity index is 1.69. The Kier molecular flexibility index (Phi) is 8.34. The first-order valence-corrected chi connectivity index (χ1v) is 11.3. The molecule has 1 aliphatic rings. The van der Waals surface area contributed by atoms with Crippen LogP contribution in [0.3, 0.4) is 0 Å². The normalized spacial score (nSPS) is 15.6. The quantitative estimate of drug-likeness (QED) is 0.240. The second-order valence-corrected chi connectivity index (χ2v) is 8.40. The van der Waals surface area contributed by atoms with Crippen molar-refractivity contribution in [1.29, 1.82) is 0 Å². The molecule has 0 radical (unpaired) electrons. The van der Waals surface area contributed by atoms with Crippen molar-refractivity contribution < 1.29 is 33.0 Å². The summed E-state index contributed by atoms with van der Waals surface area (Å²) in [5, 5.41) is 9.05. The van der Waals surface area contributed by atoms with E-state index in [1.165, 1.54) is 20.4 Å². The van der Waals surface area contributed by atoms with Crippen LogP contribution in [0.25, 0.3) is 0 Å². The van der Waals surface area contributed by atoms with Crippen molar-refractivity contribution in [3.05, 3.63) is 56.0 Å². The zero-order valence-electron chi connectivity index (χ0n) is 18.2. The van der Waals surface area contributed by atoms with Gasteiger partial charge >= 0.3 is 12.0 Å². The minimum atomic E-state index is -0.761. The molecule has 0 saturated heterocycles. The number of amides is 3. The molecular formula is C21H20Br2N4O7. The predicted octanol–water partition coefficient (Wildman–Crippen LogP) is 3.14. The van der Waals surface area contributed by atoms with E-state index < -0.39 is 23.9 Å². The van der Waals surface area contributed by atoms with Crippen LogP contribution >= 0.6 is 31.9 Å². The molecule has 3 N–H and O–H groups in total. The van der Waals surface area contributed by atoms with Crippen LogP contribution in [-0.2, 0) is 14.3 Å². The summed E-state index contributed by atoms with van der Waals surface area (Å²) >= 11 is 6.49. The summed E-state index contributed by atoms with van der Waals surface area (Å²) in [4.78, 5) is 36.3. The van der Waals surface area contributed by atoms with Gasteiger partial charge in [-0.2, -0.15) is 5.10 Å². The Hall–Kier alpha value is -3.32. The molecule has 1 atom stereocenters. The molecule has 3 amide bonds. The van der Waals surface area contributed by atoms with Crippen LogP contribution in [0.2, 0.25) is 0 Å². The molecule has 0 fully saturated rings. The lowest BCUT2D eigenvalue weighted by molar-refractivity contribution is -0.136. The highest BCUT2D eigenvalue weighted by Gasteiger charge is 2.32. The Morgan fingerprint density at radius 2 is 2.00 bits per heavy atom. The molecule has 180 valence electrons. The second kappa shape index (κ2) is 11.2. The van der Waals surface area contributed by atoms with E-state index in [0.29, 0.717) is 31.9 Å². The number of hydrazone groups is 1. The number of hydrogen-bond acceptors (Lipinski definition) is 8. The number of nitrogens with one attached hydrogen (secondary N) is 3. The summed E-state index contributed by atoms with van der Waals surface area (Å²) in [5.41, 5.74) is 3.52. The molecule has 0 bridgehead atoms. The molecule has 0 saturated carbocycles. The van der Waals surface area contributed by atoms with Crippen molar-refractivity contribution in [2.24, 2.45) is 5.10 Å². The SMILES string of the molecule is COC(=O)C1=C(C)NC(=O)N[C@@H]1c1ccc(OCC(=O)NN=Cc2cc(Br)c(Br)o2)c(OC)c1. The minimum Gasteiger partial charge on any atom is -0.493 e. The van der Waals surface area contributed by atoms with E-state index in [2.05, 4.69) is 53.0 Å². The standard InChI is InChI=1S/C21H20Br2N4O7/c1-10-17(20(29)32-3)18(26-21(30)25-10)11-4-5-14(15(6-11)31-2)33-9-16(28)27-24-8-12-7-13(22)19(23)34-12/h4-8,18H,9H2,1-3H3,(H,27,28)(H2,25,26,30)/t18-/m1/s1. The molecule has 1 aromatic heterocycles. The van der Waals surface area contributed by atoms with Gasteiger partial charge in [-0.25, -0.2) is 15.0 Å². The van der Waals surface area contributed by atoms with Gasteiger partial charge in [0.1, 0.15) is 5.76 Å². The number of nitrogens with zero attached hydrogens (tertiary/aromatic N) is 1. The lowest BCUT2D eigenvalue weighted by Crippen LogP contribution is -2.45. The summed E-state index contributed by atoms with van der Waals surface area (Å²) in [6, 6.07) is 5.28. The Bertz CT molecular complexity index is 1160. The molecule has 1 aliphatic heterocycles. The van der Waals surface area contributed by atoms with Crippen LogP contribution in [-0.4, -0.2) is 44.9 Å². The third kappa shape index (κ3) is 5.97. The average Bonchev–Trinajstić information content (AvgIpc) is 3.13. The molecular weight excluding hydrogens is 580 g/mol. The van der Waals surface area contributed by atoms with Gasteiger partial charge in [0.25, 0.3) is 5.91 Å². The zero-order chi connectivity index (χ0) is 24.8. The maximum absolute atomic E-state index is 12.3. The average molecular weight is 600 g/mol. The van der Waals surface area contributed by atoms with Gasteiger partial charge in [-0.05, 0) is 56.5 Å². The van der Waals surface area contributed by atoms with Gasteiger partial charge in [-0.15, -0.1) is 0 Å². The Labute approximate surface area is 211 Å². The zero-order valence-corrected chi connectivity index (χ0v) is 21.4. The van der Waals surface area contributed by atoms with Crippen LogP contribution in [0.4, 0.5) is 4.79 Å². The van der Waals surface area contributed by atoms with Crippen molar-refractivity contribution in [1.82, 2.24) is 16.1 Å². The number of carbonyl (C=O) groups excluding carboxylic acids is 3. The van der Waals surface area contributed by atoms with Crippen LogP contribution < -0.4 is 25.5 Å². The first-order chi connectivity index (χ1) is 16.2. The molecule has 13 heteroatoms. The van der Waals surface area contributed by atoms with E-state index in [4.69, 9.17) is 18.6 Å². The van der Waals surface area contributed by atoms with Crippen LogP contribution in [0, 0.1) is 0 Å². The number of methoxy groups -OCH3 is 2. The lowest BCUT2D eigenvalue weighted by atomic mass is 9.95. The molecule has 11 nitrogen and oxygen atoms in total. The fraction of sp³-hybridized carbons (Fsp3) is 0.238. The monoisotopic (exact) mass is 598 g/mol. The van der Waals surface area contributed by atoms with Crippen molar-refractivity contribution >= 4 is 56.0 Å². The molecule has 0 unspecified atom stereocenters. The minimum absolute atomic E-state index is 0.255. The number of carbonyl (C=O) groups is 3. The van der Waals surface area contributed by atoms with E-state index in [1.807, 2.05) is 0 Å². The lowest BCUT2D eigenvalue weighted by Gasteiger charge is -2.28. The number of allylic oxidation sites excluding steroid dienone is 1. The van der Waals surface area contributed by atoms with E-state index in [0.717, 1.165) is 0 Å².